The number of hydrogen-bond donors (Lipinski definition) is 1. The summed E-state index contributed by atoms with van der Waals surface area (Å²) in [6, 6.07) is 8.70. The lowest BCUT2D eigenvalue weighted by Crippen LogP contribution is -2.19. The third kappa shape index (κ3) is 3.72. The summed E-state index contributed by atoms with van der Waals surface area (Å²) < 4.78 is 11.6. The van der Waals surface area contributed by atoms with Crippen LogP contribution in [-0.4, -0.2) is 24.0 Å². The fourth-order valence-electron chi connectivity index (χ4n) is 3.07. The number of ether oxygens (including phenoxy) is 2. The highest BCUT2D eigenvalue weighted by atomic mass is 16.5. The van der Waals surface area contributed by atoms with Crippen LogP contribution in [0.25, 0.3) is 6.08 Å². The van der Waals surface area contributed by atoms with E-state index >= 15 is 0 Å². The maximum Gasteiger partial charge on any atom is 0.248 e. The SMILES string of the molecule is CCCOc1c(C=C2CCc3[nH]c(=O)ccc3C2=O)cccc1OCC. The van der Waals surface area contributed by atoms with Crippen LogP contribution >= 0.6 is 0 Å². The smallest absolute Gasteiger partial charge is 0.248 e. The first-order valence-electron chi connectivity index (χ1n) is 9.00. The molecule has 1 aliphatic carbocycles. The number of carbonyl (C=O) groups is 1. The number of aromatic nitrogens is 1. The van der Waals surface area contributed by atoms with Crippen LogP contribution in [0.4, 0.5) is 0 Å². The molecule has 26 heavy (non-hydrogen) atoms. The Kier molecular flexibility index (Phi) is 5.56. The number of H-pyrrole nitrogens is 1. The van der Waals surface area contributed by atoms with Gasteiger partial charge in [-0.2, -0.15) is 0 Å². The van der Waals surface area contributed by atoms with E-state index in [-0.39, 0.29) is 11.3 Å². The number of ketones is 1. The molecule has 0 spiro atoms. The molecule has 1 aliphatic rings. The molecule has 1 heterocycles. The number of benzene rings is 1. The van der Waals surface area contributed by atoms with Crippen molar-refractivity contribution in [2.75, 3.05) is 13.2 Å². The van der Waals surface area contributed by atoms with E-state index in [2.05, 4.69) is 4.98 Å². The molecule has 1 aromatic heterocycles. The van der Waals surface area contributed by atoms with Gasteiger partial charge in [-0.1, -0.05) is 19.1 Å². The quantitative estimate of drug-likeness (QED) is 0.803. The highest BCUT2D eigenvalue weighted by molar-refractivity contribution is 6.13. The summed E-state index contributed by atoms with van der Waals surface area (Å²) in [5.74, 6) is 1.30. The lowest BCUT2D eigenvalue weighted by Gasteiger charge is -2.18. The van der Waals surface area contributed by atoms with Gasteiger partial charge in [0.15, 0.2) is 17.3 Å². The van der Waals surface area contributed by atoms with E-state index in [0.717, 1.165) is 12.0 Å². The number of carbonyl (C=O) groups excluding carboxylic acids is 1. The standard InChI is InChI=1S/C21H23NO4/c1-3-12-26-21-15(6-5-7-18(21)25-4-2)13-14-8-10-17-16(20(14)24)9-11-19(23)22-17/h5-7,9,11,13H,3-4,8,10,12H2,1-2H3,(H,22,23). The van der Waals surface area contributed by atoms with Gasteiger partial charge >= 0.3 is 0 Å². The van der Waals surface area contributed by atoms with Gasteiger partial charge in [-0.15, -0.1) is 0 Å². The molecule has 0 atom stereocenters. The number of aromatic amines is 1. The number of aryl methyl sites for hydroxylation is 1. The highest BCUT2D eigenvalue weighted by Crippen LogP contribution is 2.34. The van der Waals surface area contributed by atoms with Gasteiger partial charge in [-0.3, -0.25) is 9.59 Å². The molecule has 0 bridgehead atoms. The Bertz CT molecular complexity index is 895. The summed E-state index contributed by atoms with van der Waals surface area (Å²) in [6.07, 6.45) is 3.98. The van der Waals surface area contributed by atoms with Crippen LogP contribution in [0.15, 0.2) is 40.7 Å². The zero-order chi connectivity index (χ0) is 18.5. The van der Waals surface area contributed by atoms with Crippen molar-refractivity contribution in [3.8, 4) is 11.5 Å². The Balaban J connectivity index is 1.99. The Hall–Kier alpha value is -2.82. The molecule has 0 unspecified atom stereocenters. The van der Waals surface area contributed by atoms with Gasteiger partial charge < -0.3 is 14.5 Å². The van der Waals surface area contributed by atoms with Crippen molar-refractivity contribution in [2.24, 2.45) is 0 Å². The van der Waals surface area contributed by atoms with Crippen LogP contribution in [0.2, 0.25) is 0 Å². The summed E-state index contributed by atoms with van der Waals surface area (Å²) in [5.41, 5.74) is 2.65. The van der Waals surface area contributed by atoms with Gasteiger partial charge in [0.25, 0.3) is 0 Å². The van der Waals surface area contributed by atoms with Crippen molar-refractivity contribution in [1.82, 2.24) is 4.98 Å². The second-order valence-corrected chi connectivity index (χ2v) is 6.17. The van der Waals surface area contributed by atoms with E-state index in [1.807, 2.05) is 38.1 Å². The molecule has 0 fully saturated rings. The zero-order valence-corrected chi connectivity index (χ0v) is 15.1. The molecule has 5 nitrogen and oxygen atoms in total. The first-order chi connectivity index (χ1) is 12.6. The summed E-state index contributed by atoms with van der Waals surface area (Å²) in [6.45, 7) is 5.10. The van der Waals surface area contributed by atoms with Crippen molar-refractivity contribution in [2.45, 2.75) is 33.1 Å². The predicted molar refractivity (Wildman–Crippen MR) is 101 cm³/mol. The molecule has 1 N–H and O–H groups in total. The largest absolute Gasteiger partial charge is 0.490 e. The summed E-state index contributed by atoms with van der Waals surface area (Å²) in [5, 5.41) is 0. The monoisotopic (exact) mass is 353 g/mol. The molecular formula is C21H23NO4. The van der Waals surface area contributed by atoms with Crippen LogP contribution in [0.5, 0.6) is 11.5 Å². The average Bonchev–Trinajstić information content (AvgIpc) is 2.63. The molecule has 0 saturated carbocycles. The Morgan fingerprint density at radius 3 is 2.69 bits per heavy atom. The van der Waals surface area contributed by atoms with Gasteiger partial charge in [0.2, 0.25) is 5.56 Å². The minimum Gasteiger partial charge on any atom is -0.490 e. The topological polar surface area (TPSA) is 68.4 Å². The number of allylic oxidation sites excluding steroid dienone is 1. The van der Waals surface area contributed by atoms with E-state index < -0.39 is 0 Å². The fourth-order valence-corrected chi connectivity index (χ4v) is 3.07. The molecule has 3 rings (SSSR count). The van der Waals surface area contributed by atoms with E-state index in [9.17, 15) is 9.59 Å². The zero-order valence-electron chi connectivity index (χ0n) is 15.1. The molecular weight excluding hydrogens is 330 g/mol. The third-order valence-corrected chi connectivity index (χ3v) is 4.27. The summed E-state index contributed by atoms with van der Waals surface area (Å²) >= 11 is 0. The maximum atomic E-state index is 12.8. The van der Waals surface area contributed by atoms with Gasteiger partial charge in [0.1, 0.15) is 0 Å². The molecule has 136 valence electrons. The van der Waals surface area contributed by atoms with E-state index in [0.29, 0.717) is 54.4 Å². The molecule has 2 aromatic rings. The van der Waals surface area contributed by atoms with Crippen molar-refractivity contribution in [3.05, 3.63) is 63.1 Å². The molecule has 0 aliphatic heterocycles. The number of pyridine rings is 1. The van der Waals surface area contributed by atoms with Crippen molar-refractivity contribution in [3.63, 3.8) is 0 Å². The fraction of sp³-hybridized carbons (Fsp3) is 0.333. The van der Waals surface area contributed by atoms with E-state index in [1.54, 1.807) is 6.07 Å². The lowest BCUT2D eigenvalue weighted by atomic mass is 9.89. The van der Waals surface area contributed by atoms with Crippen LogP contribution < -0.4 is 15.0 Å². The number of para-hydroxylation sites is 1. The third-order valence-electron chi connectivity index (χ3n) is 4.27. The maximum absolute atomic E-state index is 12.8. The number of nitrogens with one attached hydrogen (secondary N) is 1. The average molecular weight is 353 g/mol. The van der Waals surface area contributed by atoms with E-state index in [1.165, 1.54) is 6.07 Å². The van der Waals surface area contributed by atoms with E-state index in [4.69, 9.17) is 9.47 Å². The molecule has 0 radical (unpaired) electrons. The van der Waals surface area contributed by atoms with Crippen LogP contribution in [0.3, 0.4) is 0 Å². The first kappa shape index (κ1) is 18.0. The summed E-state index contributed by atoms with van der Waals surface area (Å²) in [7, 11) is 0. The molecule has 5 heteroatoms. The Morgan fingerprint density at radius 1 is 1.08 bits per heavy atom. The number of hydrogen-bond acceptors (Lipinski definition) is 4. The molecule has 0 saturated heterocycles. The first-order valence-corrected chi connectivity index (χ1v) is 9.00. The number of rotatable bonds is 6. The van der Waals surface area contributed by atoms with Crippen molar-refractivity contribution >= 4 is 11.9 Å². The lowest BCUT2D eigenvalue weighted by molar-refractivity contribution is 0.102. The second-order valence-electron chi connectivity index (χ2n) is 6.17. The van der Waals surface area contributed by atoms with Crippen LogP contribution in [0.1, 0.15) is 48.3 Å². The Labute approximate surface area is 152 Å². The minimum atomic E-state index is -0.177. The van der Waals surface area contributed by atoms with Crippen molar-refractivity contribution < 1.29 is 14.3 Å². The number of fused-ring (bicyclic) bond motifs is 1. The molecule has 0 amide bonds. The Morgan fingerprint density at radius 2 is 1.92 bits per heavy atom. The van der Waals surface area contributed by atoms with Crippen LogP contribution in [-0.2, 0) is 6.42 Å². The van der Waals surface area contributed by atoms with Gasteiger partial charge in [0, 0.05) is 28.5 Å². The van der Waals surface area contributed by atoms with Gasteiger partial charge in [-0.05, 0) is 44.4 Å². The minimum absolute atomic E-state index is 0.0502. The number of Topliss-reactive ketones (excluding diaryl/α,β-unsaturated/α-hetero) is 1. The predicted octanol–water partition coefficient (Wildman–Crippen LogP) is 3.77. The second kappa shape index (κ2) is 8.04. The summed E-state index contributed by atoms with van der Waals surface area (Å²) in [4.78, 5) is 27.0. The molecule has 1 aromatic carbocycles. The van der Waals surface area contributed by atoms with Gasteiger partial charge in [-0.25, -0.2) is 0 Å². The van der Waals surface area contributed by atoms with Crippen LogP contribution in [0, 0.1) is 0 Å². The van der Waals surface area contributed by atoms with Gasteiger partial charge in [0.05, 0.1) is 13.2 Å². The normalized spacial score (nSPS) is 15.0. The van der Waals surface area contributed by atoms with Crippen molar-refractivity contribution in [1.29, 1.82) is 0 Å². The highest BCUT2D eigenvalue weighted by Gasteiger charge is 2.23.